The van der Waals surface area contributed by atoms with E-state index in [1.165, 1.54) is 23.0 Å². The van der Waals surface area contributed by atoms with Crippen molar-refractivity contribution >= 4 is 21.6 Å². The van der Waals surface area contributed by atoms with Crippen molar-refractivity contribution in [1.82, 2.24) is 9.55 Å². The topological polar surface area (TPSA) is 104 Å². The molecular formula is C13H15N3O4S. The third-order valence-corrected chi connectivity index (χ3v) is 3.94. The number of sulfone groups is 1. The fraction of sp³-hybridized carbons (Fsp3) is 0.231. The van der Waals surface area contributed by atoms with Gasteiger partial charge in [0.05, 0.1) is 11.5 Å². The number of carbonyl (C=O) groups excluding carboxylic acids is 1. The molecule has 0 aliphatic rings. The van der Waals surface area contributed by atoms with Crippen LogP contribution in [0.25, 0.3) is 5.69 Å². The molecule has 0 saturated heterocycles. The summed E-state index contributed by atoms with van der Waals surface area (Å²) in [6.07, 6.45) is 2.52. The molecule has 21 heavy (non-hydrogen) atoms. The molecule has 0 unspecified atom stereocenters. The molecule has 0 bridgehead atoms. The first-order valence-corrected chi connectivity index (χ1v) is 8.04. The second kappa shape index (κ2) is 5.57. The standard InChI is InChI=1S/C13H15N3O4S/c1-3-20-13(17)11-12(14)16(8-15-11)9-4-6-10(7-5-9)21(2,18)19/h4-8H,3,14H2,1-2H3. The lowest BCUT2D eigenvalue weighted by Crippen LogP contribution is -2.09. The van der Waals surface area contributed by atoms with Crippen molar-refractivity contribution in [3.05, 3.63) is 36.3 Å². The van der Waals surface area contributed by atoms with Gasteiger partial charge in [0.2, 0.25) is 0 Å². The van der Waals surface area contributed by atoms with Crippen LogP contribution in [0.4, 0.5) is 5.82 Å². The summed E-state index contributed by atoms with van der Waals surface area (Å²) < 4.78 is 29.1. The molecule has 8 heteroatoms. The maximum absolute atomic E-state index is 11.6. The summed E-state index contributed by atoms with van der Waals surface area (Å²) in [6, 6.07) is 6.11. The second-order valence-corrected chi connectivity index (χ2v) is 6.35. The van der Waals surface area contributed by atoms with Crippen molar-refractivity contribution in [2.45, 2.75) is 11.8 Å². The fourth-order valence-corrected chi connectivity index (χ4v) is 2.40. The van der Waals surface area contributed by atoms with Gasteiger partial charge in [0.1, 0.15) is 12.1 Å². The summed E-state index contributed by atoms with van der Waals surface area (Å²) >= 11 is 0. The summed E-state index contributed by atoms with van der Waals surface area (Å²) in [6.45, 7) is 1.92. The van der Waals surface area contributed by atoms with E-state index in [9.17, 15) is 13.2 Å². The van der Waals surface area contributed by atoms with E-state index in [-0.39, 0.29) is 23.0 Å². The molecule has 2 N–H and O–H groups in total. The Labute approximate surface area is 122 Å². The third kappa shape index (κ3) is 3.05. The zero-order chi connectivity index (χ0) is 15.6. The van der Waals surface area contributed by atoms with E-state index < -0.39 is 15.8 Å². The number of carbonyl (C=O) groups is 1. The Morgan fingerprint density at radius 1 is 1.33 bits per heavy atom. The minimum Gasteiger partial charge on any atom is -0.461 e. The van der Waals surface area contributed by atoms with E-state index in [1.54, 1.807) is 19.1 Å². The maximum Gasteiger partial charge on any atom is 0.360 e. The van der Waals surface area contributed by atoms with Gasteiger partial charge in [-0.3, -0.25) is 4.57 Å². The van der Waals surface area contributed by atoms with Crippen LogP contribution in [0.15, 0.2) is 35.5 Å². The molecule has 0 aliphatic heterocycles. The number of nitrogens with zero attached hydrogens (tertiary/aromatic N) is 2. The molecule has 0 amide bonds. The normalized spacial score (nSPS) is 11.3. The number of nitrogen functional groups attached to an aromatic ring is 1. The number of hydrogen-bond acceptors (Lipinski definition) is 6. The van der Waals surface area contributed by atoms with Crippen molar-refractivity contribution in [3.63, 3.8) is 0 Å². The monoisotopic (exact) mass is 309 g/mol. The molecule has 0 spiro atoms. The number of nitrogens with two attached hydrogens (primary N) is 1. The zero-order valence-electron chi connectivity index (χ0n) is 11.6. The average molecular weight is 309 g/mol. The molecular weight excluding hydrogens is 294 g/mol. The van der Waals surface area contributed by atoms with Crippen LogP contribution in [-0.2, 0) is 14.6 Å². The van der Waals surface area contributed by atoms with Crippen molar-refractivity contribution < 1.29 is 17.9 Å². The van der Waals surface area contributed by atoms with Gasteiger partial charge in [-0.05, 0) is 31.2 Å². The number of esters is 1. The van der Waals surface area contributed by atoms with Gasteiger partial charge < -0.3 is 10.5 Å². The van der Waals surface area contributed by atoms with E-state index >= 15 is 0 Å². The number of imidazole rings is 1. The molecule has 0 fully saturated rings. The van der Waals surface area contributed by atoms with Crippen LogP contribution in [-0.4, -0.2) is 36.8 Å². The Hall–Kier alpha value is -2.35. The van der Waals surface area contributed by atoms with Crippen LogP contribution in [0.3, 0.4) is 0 Å². The Morgan fingerprint density at radius 2 is 1.95 bits per heavy atom. The van der Waals surface area contributed by atoms with E-state index in [2.05, 4.69) is 4.98 Å². The Bertz CT molecular complexity index is 763. The molecule has 1 heterocycles. The summed E-state index contributed by atoms with van der Waals surface area (Å²) in [7, 11) is -3.26. The number of hydrogen-bond donors (Lipinski definition) is 1. The number of rotatable bonds is 4. The Kier molecular flexibility index (Phi) is 3.99. The Morgan fingerprint density at radius 3 is 2.48 bits per heavy atom. The first-order valence-electron chi connectivity index (χ1n) is 6.15. The molecule has 0 aliphatic carbocycles. The minimum atomic E-state index is -3.26. The van der Waals surface area contributed by atoms with Crippen LogP contribution < -0.4 is 5.73 Å². The van der Waals surface area contributed by atoms with Crippen LogP contribution in [0.5, 0.6) is 0 Å². The average Bonchev–Trinajstić information content (AvgIpc) is 2.80. The molecule has 7 nitrogen and oxygen atoms in total. The largest absolute Gasteiger partial charge is 0.461 e. The SMILES string of the molecule is CCOC(=O)c1ncn(-c2ccc(S(C)(=O)=O)cc2)c1N. The smallest absolute Gasteiger partial charge is 0.360 e. The molecule has 1 aromatic heterocycles. The first-order chi connectivity index (χ1) is 9.84. The van der Waals surface area contributed by atoms with Gasteiger partial charge in [-0.25, -0.2) is 18.2 Å². The number of ether oxygens (including phenoxy) is 1. The van der Waals surface area contributed by atoms with Gasteiger partial charge in [0.15, 0.2) is 15.5 Å². The molecule has 1 aromatic carbocycles. The van der Waals surface area contributed by atoms with Crippen molar-refractivity contribution in [3.8, 4) is 5.69 Å². The zero-order valence-corrected chi connectivity index (χ0v) is 12.4. The minimum absolute atomic E-state index is 0.0315. The highest BCUT2D eigenvalue weighted by molar-refractivity contribution is 7.90. The summed E-state index contributed by atoms with van der Waals surface area (Å²) in [5.74, 6) is -0.456. The highest BCUT2D eigenvalue weighted by Gasteiger charge is 2.17. The number of benzene rings is 1. The molecule has 0 saturated carbocycles. The lowest BCUT2D eigenvalue weighted by Gasteiger charge is -2.06. The number of anilines is 1. The predicted octanol–water partition coefficient (Wildman–Crippen LogP) is 1.03. The van der Waals surface area contributed by atoms with Gasteiger partial charge >= 0.3 is 5.97 Å². The second-order valence-electron chi connectivity index (χ2n) is 4.33. The predicted molar refractivity (Wildman–Crippen MR) is 77.0 cm³/mol. The third-order valence-electron chi connectivity index (χ3n) is 2.82. The van der Waals surface area contributed by atoms with E-state index in [0.29, 0.717) is 5.69 Å². The van der Waals surface area contributed by atoms with Gasteiger partial charge in [-0.15, -0.1) is 0 Å². The summed E-state index contributed by atoms with van der Waals surface area (Å²) in [5, 5.41) is 0. The van der Waals surface area contributed by atoms with E-state index in [4.69, 9.17) is 10.5 Å². The van der Waals surface area contributed by atoms with Crippen molar-refractivity contribution in [1.29, 1.82) is 0 Å². The van der Waals surface area contributed by atoms with Crippen molar-refractivity contribution in [2.75, 3.05) is 18.6 Å². The summed E-state index contributed by atoms with van der Waals surface area (Å²) in [4.78, 5) is 15.8. The Balaban J connectivity index is 2.37. The summed E-state index contributed by atoms with van der Waals surface area (Å²) in [5.41, 5.74) is 6.50. The van der Waals surface area contributed by atoms with Crippen LogP contribution >= 0.6 is 0 Å². The molecule has 0 atom stereocenters. The van der Waals surface area contributed by atoms with Gasteiger partial charge in [-0.2, -0.15) is 0 Å². The fourth-order valence-electron chi connectivity index (χ4n) is 1.77. The highest BCUT2D eigenvalue weighted by atomic mass is 32.2. The molecule has 112 valence electrons. The lowest BCUT2D eigenvalue weighted by molar-refractivity contribution is 0.0521. The van der Waals surface area contributed by atoms with Crippen molar-refractivity contribution in [2.24, 2.45) is 0 Å². The van der Waals surface area contributed by atoms with Crippen LogP contribution in [0.2, 0.25) is 0 Å². The maximum atomic E-state index is 11.6. The van der Waals surface area contributed by atoms with E-state index in [0.717, 1.165) is 6.26 Å². The van der Waals surface area contributed by atoms with Gasteiger partial charge in [0.25, 0.3) is 0 Å². The quantitative estimate of drug-likeness (QED) is 0.846. The van der Waals surface area contributed by atoms with Crippen LogP contribution in [0.1, 0.15) is 17.4 Å². The number of aromatic nitrogens is 2. The van der Waals surface area contributed by atoms with Gasteiger partial charge in [0, 0.05) is 11.9 Å². The van der Waals surface area contributed by atoms with Gasteiger partial charge in [-0.1, -0.05) is 0 Å². The molecule has 0 radical (unpaired) electrons. The van der Waals surface area contributed by atoms with E-state index in [1.807, 2.05) is 0 Å². The first kappa shape index (κ1) is 15.0. The van der Waals surface area contributed by atoms with Crippen LogP contribution in [0, 0.1) is 0 Å². The highest BCUT2D eigenvalue weighted by Crippen LogP contribution is 2.19. The molecule has 2 aromatic rings. The molecule has 2 rings (SSSR count). The lowest BCUT2D eigenvalue weighted by atomic mass is 10.3.